The maximum Gasteiger partial charge on any atom is 0.200 e. The Morgan fingerprint density at radius 2 is 1.42 bits per heavy atom. The van der Waals surface area contributed by atoms with Crippen LogP contribution >= 0.6 is 0 Å². The van der Waals surface area contributed by atoms with Crippen molar-refractivity contribution in [2.45, 2.75) is 97.0 Å². The van der Waals surface area contributed by atoms with Crippen molar-refractivity contribution in [3.05, 3.63) is 18.2 Å². The molecule has 0 aromatic heterocycles. The molecule has 1 rings (SSSR count). The highest BCUT2D eigenvalue weighted by molar-refractivity contribution is 5.49. The summed E-state index contributed by atoms with van der Waals surface area (Å²) in [6, 6.07) is 4.95. The fourth-order valence-electron chi connectivity index (χ4n) is 3.49. The lowest BCUT2D eigenvalue weighted by Gasteiger charge is -2.35. The van der Waals surface area contributed by atoms with E-state index in [1.807, 2.05) is 0 Å². The topological polar surface area (TPSA) is 49.7 Å². The van der Waals surface area contributed by atoms with Crippen molar-refractivity contribution in [2.24, 2.45) is 0 Å². The molecule has 0 heterocycles. The average molecular weight is 337 g/mol. The van der Waals surface area contributed by atoms with E-state index >= 15 is 0 Å². The minimum atomic E-state index is -0.237. The smallest absolute Gasteiger partial charge is 0.200 e. The summed E-state index contributed by atoms with van der Waals surface area (Å²) in [7, 11) is 0. The summed E-state index contributed by atoms with van der Waals surface area (Å²) < 4.78 is 6.31. The van der Waals surface area contributed by atoms with Gasteiger partial charge < -0.3 is 14.9 Å². The van der Waals surface area contributed by atoms with Crippen LogP contribution in [0.1, 0.15) is 91.4 Å². The van der Waals surface area contributed by atoms with E-state index in [1.54, 1.807) is 12.1 Å². The highest BCUT2D eigenvalue weighted by atomic mass is 16.5. The van der Waals surface area contributed by atoms with Gasteiger partial charge in [0.05, 0.1) is 0 Å². The zero-order chi connectivity index (χ0) is 17.8. The number of phenols is 2. The summed E-state index contributed by atoms with van der Waals surface area (Å²) >= 11 is 0. The van der Waals surface area contributed by atoms with E-state index in [9.17, 15) is 10.2 Å². The van der Waals surface area contributed by atoms with E-state index in [0.29, 0.717) is 5.75 Å². The standard InChI is InChI=1S/C21H36O3/c1-4-7-8-9-10-11-17-21(15-5-2,16-6-3)24-19-14-12-13-18(22)20(19)23/h12-14,22-23H,4-11,15-17H2,1-3H3. The first-order valence-corrected chi connectivity index (χ1v) is 9.78. The number of para-hydroxylation sites is 1. The Hall–Kier alpha value is -1.38. The average Bonchev–Trinajstić information content (AvgIpc) is 2.56. The zero-order valence-corrected chi connectivity index (χ0v) is 15.8. The summed E-state index contributed by atoms with van der Waals surface area (Å²) in [5.74, 6) is 0.147. The number of unbranched alkanes of at least 4 members (excludes halogenated alkanes) is 5. The molecular weight excluding hydrogens is 300 g/mol. The zero-order valence-electron chi connectivity index (χ0n) is 15.8. The van der Waals surface area contributed by atoms with E-state index in [0.717, 1.165) is 38.5 Å². The van der Waals surface area contributed by atoms with Crippen LogP contribution < -0.4 is 4.74 Å². The molecule has 0 aliphatic heterocycles. The molecular formula is C21H36O3. The van der Waals surface area contributed by atoms with Crippen molar-refractivity contribution in [1.29, 1.82) is 0 Å². The Balaban J connectivity index is 2.75. The molecule has 1 aromatic rings. The molecule has 2 N–H and O–H groups in total. The first-order valence-electron chi connectivity index (χ1n) is 9.78. The van der Waals surface area contributed by atoms with Crippen LogP contribution in [0.5, 0.6) is 17.2 Å². The fraction of sp³-hybridized carbons (Fsp3) is 0.714. The first-order chi connectivity index (χ1) is 11.6. The third-order valence-corrected chi connectivity index (χ3v) is 4.70. The van der Waals surface area contributed by atoms with Gasteiger partial charge in [-0.15, -0.1) is 0 Å². The number of hydrogen-bond acceptors (Lipinski definition) is 3. The Bertz CT molecular complexity index is 450. The second-order valence-electron chi connectivity index (χ2n) is 6.93. The van der Waals surface area contributed by atoms with E-state index in [1.165, 1.54) is 38.2 Å². The van der Waals surface area contributed by atoms with Crippen LogP contribution in [0.25, 0.3) is 0 Å². The summed E-state index contributed by atoms with van der Waals surface area (Å²) in [5, 5.41) is 19.8. The van der Waals surface area contributed by atoms with Crippen molar-refractivity contribution in [3.63, 3.8) is 0 Å². The molecule has 0 bridgehead atoms. The third-order valence-electron chi connectivity index (χ3n) is 4.70. The van der Waals surface area contributed by atoms with Crippen LogP contribution in [0.15, 0.2) is 18.2 Å². The van der Waals surface area contributed by atoms with Crippen LogP contribution in [0, 0.1) is 0 Å². The number of hydrogen-bond donors (Lipinski definition) is 2. The van der Waals surface area contributed by atoms with Crippen molar-refractivity contribution in [1.82, 2.24) is 0 Å². The third kappa shape index (κ3) is 6.62. The lowest BCUT2D eigenvalue weighted by molar-refractivity contribution is 0.0342. The molecule has 3 heteroatoms. The number of rotatable bonds is 13. The number of ether oxygens (including phenoxy) is 1. The minimum Gasteiger partial charge on any atom is -0.504 e. The molecule has 0 fully saturated rings. The largest absolute Gasteiger partial charge is 0.504 e. The highest BCUT2D eigenvalue weighted by Crippen LogP contribution is 2.40. The highest BCUT2D eigenvalue weighted by Gasteiger charge is 2.31. The minimum absolute atomic E-state index is 0.117. The normalized spacial score (nSPS) is 11.6. The lowest BCUT2D eigenvalue weighted by Crippen LogP contribution is -2.36. The Kier molecular flexibility index (Phi) is 9.66. The molecule has 0 saturated carbocycles. The van der Waals surface area contributed by atoms with Gasteiger partial charge in [0, 0.05) is 0 Å². The summed E-state index contributed by atoms with van der Waals surface area (Å²) in [6.07, 6.45) is 12.7. The summed E-state index contributed by atoms with van der Waals surface area (Å²) in [5.41, 5.74) is -0.237. The molecule has 0 atom stereocenters. The molecule has 138 valence electrons. The van der Waals surface area contributed by atoms with Gasteiger partial charge in [0.25, 0.3) is 0 Å². The lowest BCUT2D eigenvalue weighted by atomic mass is 9.86. The Morgan fingerprint density at radius 3 is 2.04 bits per heavy atom. The van der Waals surface area contributed by atoms with Gasteiger partial charge in [0.1, 0.15) is 5.60 Å². The quantitative estimate of drug-likeness (QED) is 0.316. The maximum atomic E-state index is 10.1. The van der Waals surface area contributed by atoms with E-state index in [-0.39, 0.29) is 17.1 Å². The second kappa shape index (κ2) is 11.2. The number of aromatic hydroxyl groups is 2. The molecule has 0 unspecified atom stereocenters. The van der Waals surface area contributed by atoms with Gasteiger partial charge in [-0.3, -0.25) is 0 Å². The van der Waals surface area contributed by atoms with Crippen molar-refractivity contribution >= 4 is 0 Å². The Morgan fingerprint density at radius 1 is 0.792 bits per heavy atom. The molecule has 1 aromatic carbocycles. The molecule has 0 aliphatic rings. The summed E-state index contributed by atoms with van der Waals surface area (Å²) in [4.78, 5) is 0. The van der Waals surface area contributed by atoms with Crippen molar-refractivity contribution < 1.29 is 14.9 Å². The van der Waals surface area contributed by atoms with Crippen molar-refractivity contribution in [2.75, 3.05) is 0 Å². The van der Waals surface area contributed by atoms with Crippen molar-refractivity contribution in [3.8, 4) is 17.2 Å². The number of benzene rings is 1. The SMILES string of the molecule is CCCCCCCCC(CCC)(CCC)Oc1cccc(O)c1O. The van der Waals surface area contributed by atoms with Crippen LogP contribution in [0.4, 0.5) is 0 Å². The van der Waals surface area contributed by atoms with Crippen LogP contribution in [-0.2, 0) is 0 Å². The van der Waals surface area contributed by atoms with Crippen LogP contribution in [-0.4, -0.2) is 15.8 Å². The second-order valence-corrected chi connectivity index (χ2v) is 6.93. The van der Waals surface area contributed by atoms with Gasteiger partial charge >= 0.3 is 0 Å². The molecule has 0 saturated heterocycles. The maximum absolute atomic E-state index is 10.1. The van der Waals surface area contributed by atoms with Gasteiger partial charge in [0.15, 0.2) is 11.5 Å². The van der Waals surface area contributed by atoms with Gasteiger partial charge in [-0.05, 0) is 37.8 Å². The first kappa shape index (κ1) is 20.7. The van der Waals surface area contributed by atoms with E-state index in [2.05, 4.69) is 20.8 Å². The predicted octanol–water partition coefficient (Wildman–Crippen LogP) is 6.57. The fourth-order valence-corrected chi connectivity index (χ4v) is 3.49. The van der Waals surface area contributed by atoms with Crippen LogP contribution in [0.2, 0.25) is 0 Å². The molecule has 3 nitrogen and oxygen atoms in total. The molecule has 0 aliphatic carbocycles. The number of phenolic OH excluding ortho intramolecular Hbond substituents is 2. The van der Waals surface area contributed by atoms with Gasteiger partial charge in [-0.2, -0.15) is 0 Å². The van der Waals surface area contributed by atoms with Crippen LogP contribution in [0.3, 0.4) is 0 Å². The van der Waals surface area contributed by atoms with E-state index < -0.39 is 0 Å². The molecule has 0 spiro atoms. The predicted molar refractivity (Wildman–Crippen MR) is 101 cm³/mol. The Labute approximate surface area is 148 Å². The summed E-state index contributed by atoms with van der Waals surface area (Å²) in [6.45, 7) is 6.60. The van der Waals surface area contributed by atoms with Gasteiger partial charge in [0.2, 0.25) is 5.75 Å². The van der Waals surface area contributed by atoms with Gasteiger partial charge in [-0.1, -0.05) is 71.8 Å². The molecule has 0 radical (unpaired) electrons. The molecule has 24 heavy (non-hydrogen) atoms. The van der Waals surface area contributed by atoms with Gasteiger partial charge in [-0.25, -0.2) is 0 Å². The van der Waals surface area contributed by atoms with E-state index in [4.69, 9.17) is 4.74 Å². The molecule has 0 amide bonds. The monoisotopic (exact) mass is 336 g/mol.